The van der Waals surface area contributed by atoms with Crippen molar-refractivity contribution in [2.75, 3.05) is 39.3 Å². The molecule has 0 atom stereocenters. The van der Waals surface area contributed by atoms with Crippen LogP contribution in [0.15, 0.2) is 16.2 Å². The Bertz CT molecular complexity index is 925. The van der Waals surface area contributed by atoms with Crippen LogP contribution in [0.25, 0.3) is 4.96 Å². The van der Waals surface area contributed by atoms with Gasteiger partial charge in [0, 0.05) is 63.0 Å². The number of aromatic nitrogens is 2. The van der Waals surface area contributed by atoms with Crippen LogP contribution in [0.5, 0.6) is 0 Å². The number of aryl methyl sites for hydroxylation is 1. The van der Waals surface area contributed by atoms with Crippen LogP contribution in [0.3, 0.4) is 0 Å². The molecule has 10 heteroatoms. The molecular formula is C16H25N5O3S2. The Morgan fingerprint density at radius 2 is 1.85 bits per heavy atom. The Balaban J connectivity index is 1.67. The van der Waals surface area contributed by atoms with Crippen molar-refractivity contribution in [2.45, 2.75) is 27.3 Å². The van der Waals surface area contributed by atoms with Crippen molar-refractivity contribution in [1.29, 1.82) is 0 Å². The Kier molecular flexibility index (Phi) is 5.78. The molecule has 8 nitrogen and oxygen atoms in total. The summed E-state index contributed by atoms with van der Waals surface area (Å²) in [5, 5.41) is 1.92. The number of rotatable bonds is 6. The van der Waals surface area contributed by atoms with Crippen molar-refractivity contribution in [3.05, 3.63) is 33.2 Å². The third-order valence-corrected chi connectivity index (χ3v) is 7.83. The van der Waals surface area contributed by atoms with Crippen LogP contribution in [-0.4, -0.2) is 70.6 Å². The van der Waals surface area contributed by atoms with Gasteiger partial charge >= 0.3 is 0 Å². The molecule has 0 bridgehead atoms. The second-order valence-corrected chi connectivity index (χ2v) is 9.11. The van der Waals surface area contributed by atoms with Gasteiger partial charge in [0.1, 0.15) is 0 Å². The third-order valence-electron chi connectivity index (χ3n) is 4.70. The summed E-state index contributed by atoms with van der Waals surface area (Å²) >= 11 is 1.46. The molecule has 1 fully saturated rings. The van der Waals surface area contributed by atoms with E-state index in [1.54, 1.807) is 14.8 Å². The molecule has 0 N–H and O–H groups in total. The van der Waals surface area contributed by atoms with E-state index in [0.29, 0.717) is 50.8 Å². The Hall–Kier alpha value is -1.33. The molecule has 1 aliphatic rings. The van der Waals surface area contributed by atoms with E-state index in [2.05, 4.69) is 9.88 Å². The van der Waals surface area contributed by atoms with Crippen molar-refractivity contribution < 1.29 is 8.42 Å². The standard InChI is InChI=1S/C16H25N5O3S2/c1-4-19(5-2)26(23,24)20-8-6-18(7-9-20)11-14-10-15(22)21-13(3)12-25-16(21)17-14/h10,12H,4-9,11H2,1-3H3. The number of nitrogens with zero attached hydrogens (tertiary/aromatic N) is 5. The zero-order valence-electron chi connectivity index (χ0n) is 15.4. The predicted octanol–water partition coefficient (Wildman–Crippen LogP) is 0.769. The number of hydrogen-bond donors (Lipinski definition) is 0. The van der Waals surface area contributed by atoms with Crippen molar-refractivity contribution in [1.82, 2.24) is 22.9 Å². The number of hydrogen-bond acceptors (Lipinski definition) is 6. The highest BCUT2D eigenvalue weighted by molar-refractivity contribution is 7.86. The molecule has 26 heavy (non-hydrogen) atoms. The molecular weight excluding hydrogens is 374 g/mol. The van der Waals surface area contributed by atoms with Gasteiger partial charge in [-0.05, 0) is 6.92 Å². The zero-order valence-corrected chi connectivity index (χ0v) is 17.0. The molecule has 144 valence electrons. The fraction of sp³-hybridized carbons (Fsp3) is 0.625. The average molecular weight is 400 g/mol. The highest BCUT2D eigenvalue weighted by Crippen LogP contribution is 2.15. The van der Waals surface area contributed by atoms with Crippen LogP contribution < -0.4 is 5.56 Å². The largest absolute Gasteiger partial charge is 0.295 e. The number of thiazole rings is 1. The van der Waals surface area contributed by atoms with Crippen LogP contribution in [0.1, 0.15) is 25.2 Å². The molecule has 2 aromatic rings. The summed E-state index contributed by atoms with van der Waals surface area (Å²) in [6.45, 7) is 9.28. The van der Waals surface area contributed by atoms with Gasteiger partial charge in [0.15, 0.2) is 4.96 Å². The average Bonchev–Trinajstić information content (AvgIpc) is 2.97. The Morgan fingerprint density at radius 1 is 1.19 bits per heavy atom. The van der Waals surface area contributed by atoms with Crippen LogP contribution in [0.4, 0.5) is 0 Å². The molecule has 0 aromatic carbocycles. The second-order valence-electron chi connectivity index (χ2n) is 6.35. The molecule has 1 aliphatic heterocycles. The fourth-order valence-electron chi connectivity index (χ4n) is 3.24. The lowest BCUT2D eigenvalue weighted by molar-refractivity contribution is 0.174. The minimum Gasteiger partial charge on any atom is -0.295 e. The minimum absolute atomic E-state index is 0.0634. The Morgan fingerprint density at radius 3 is 2.46 bits per heavy atom. The maximum atomic E-state index is 12.6. The third kappa shape index (κ3) is 3.70. The van der Waals surface area contributed by atoms with Crippen molar-refractivity contribution >= 4 is 26.5 Å². The summed E-state index contributed by atoms with van der Waals surface area (Å²) in [5.74, 6) is 0. The molecule has 1 saturated heterocycles. The van der Waals surface area contributed by atoms with Crippen LogP contribution in [-0.2, 0) is 16.8 Å². The van der Waals surface area contributed by atoms with E-state index in [0.717, 1.165) is 11.4 Å². The highest BCUT2D eigenvalue weighted by Gasteiger charge is 2.30. The van der Waals surface area contributed by atoms with E-state index in [1.807, 2.05) is 26.2 Å². The summed E-state index contributed by atoms with van der Waals surface area (Å²) in [7, 11) is -3.38. The molecule has 0 spiro atoms. The van der Waals surface area contributed by atoms with Gasteiger partial charge in [-0.2, -0.15) is 17.0 Å². The molecule has 0 saturated carbocycles. The second kappa shape index (κ2) is 7.73. The van der Waals surface area contributed by atoms with Gasteiger partial charge in [-0.1, -0.05) is 13.8 Å². The molecule has 3 heterocycles. The van der Waals surface area contributed by atoms with Crippen molar-refractivity contribution in [3.8, 4) is 0 Å². The predicted molar refractivity (Wildman–Crippen MR) is 103 cm³/mol. The van der Waals surface area contributed by atoms with E-state index >= 15 is 0 Å². The lowest BCUT2D eigenvalue weighted by atomic mass is 10.3. The van der Waals surface area contributed by atoms with Gasteiger partial charge in [-0.25, -0.2) is 4.98 Å². The van der Waals surface area contributed by atoms with Gasteiger partial charge in [0.05, 0.1) is 5.69 Å². The first-order chi connectivity index (χ1) is 12.4. The fourth-order valence-corrected chi connectivity index (χ4v) is 5.74. The first-order valence-corrected chi connectivity index (χ1v) is 11.1. The lowest BCUT2D eigenvalue weighted by Crippen LogP contribution is -2.52. The normalized spacial score (nSPS) is 17.4. The molecule has 0 radical (unpaired) electrons. The van der Waals surface area contributed by atoms with Gasteiger partial charge in [0.2, 0.25) is 0 Å². The van der Waals surface area contributed by atoms with E-state index in [9.17, 15) is 13.2 Å². The molecule has 0 amide bonds. The topological polar surface area (TPSA) is 78.2 Å². The smallest absolute Gasteiger partial charge is 0.282 e. The van der Waals surface area contributed by atoms with E-state index in [-0.39, 0.29) is 5.56 Å². The van der Waals surface area contributed by atoms with Crippen molar-refractivity contribution in [2.24, 2.45) is 0 Å². The van der Waals surface area contributed by atoms with E-state index in [4.69, 9.17) is 0 Å². The molecule has 0 unspecified atom stereocenters. The maximum absolute atomic E-state index is 12.6. The lowest BCUT2D eigenvalue weighted by Gasteiger charge is -2.36. The summed E-state index contributed by atoms with van der Waals surface area (Å²) in [4.78, 5) is 19.7. The summed E-state index contributed by atoms with van der Waals surface area (Å²) < 4.78 is 29.8. The summed E-state index contributed by atoms with van der Waals surface area (Å²) in [6.07, 6.45) is 0. The van der Waals surface area contributed by atoms with Crippen LogP contribution in [0, 0.1) is 6.92 Å². The molecule has 3 rings (SSSR count). The van der Waals surface area contributed by atoms with Crippen LogP contribution in [0.2, 0.25) is 0 Å². The number of piperazine rings is 1. The van der Waals surface area contributed by atoms with Crippen molar-refractivity contribution in [3.63, 3.8) is 0 Å². The highest BCUT2D eigenvalue weighted by atomic mass is 32.2. The number of fused-ring (bicyclic) bond motifs is 1. The van der Waals surface area contributed by atoms with Gasteiger partial charge in [-0.15, -0.1) is 11.3 Å². The van der Waals surface area contributed by atoms with Gasteiger partial charge in [0.25, 0.3) is 15.8 Å². The first-order valence-electron chi connectivity index (χ1n) is 8.81. The SMILES string of the molecule is CCN(CC)S(=O)(=O)N1CCN(Cc2cc(=O)n3c(C)csc3n2)CC1. The first kappa shape index (κ1) is 19.4. The van der Waals surface area contributed by atoms with Gasteiger partial charge < -0.3 is 0 Å². The maximum Gasteiger partial charge on any atom is 0.282 e. The van der Waals surface area contributed by atoms with Crippen LogP contribution >= 0.6 is 11.3 Å². The van der Waals surface area contributed by atoms with E-state index in [1.165, 1.54) is 15.6 Å². The minimum atomic E-state index is -3.38. The quantitative estimate of drug-likeness (QED) is 0.717. The monoisotopic (exact) mass is 399 g/mol. The summed E-state index contributed by atoms with van der Waals surface area (Å²) in [6, 6.07) is 1.58. The zero-order chi connectivity index (χ0) is 18.9. The van der Waals surface area contributed by atoms with E-state index < -0.39 is 10.2 Å². The molecule has 0 aliphatic carbocycles. The molecule has 2 aromatic heterocycles. The van der Waals surface area contributed by atoms with Gasteiger partial charge in [-0.3, -0.25) is 14.1 Å². The Labute approximate surface area is 157 Å². The summed E-state index contributed by atoms with van der Waals surface area (Å²) in [5.41, 5.74) is 1.56.